The molecule has 0 atom stereocenters. The zero-order valence-electron chi connectivity index (χ0n) is 15.9. The van der Waals surface area contributed by atoms with Crippen LogP contribution in [0.25, 0.3) is 0 Å². The van der Waals surface area contributed by atoms with Gasteiger partial charge in [-0.2, -0.15) is 0 Å². The van der Waals surface area contributed by atoms with Crippen LogP contribution in [-0.2, 0) is 13.0 Å². The molecule has 3 aromatic carbocycles. The summed E-state index contributed by atoms with van der Waals surface area (Å²) < 4.78 is 0. The third kappa shape index (κ3) is 5.15. The Morgan fingerprint density at radius 3 is 2.55 bits per heavy atom. The minimum Gasteiger partial charge on any atom is -0.478 e. The Labute approximate surface area is 174 Å². The third-order valence-corrected chi connectivity index (χ3v) is 4.85. The van der Waals surface area contributed by atoms with E-state index in [0.717, 1.165) is 17.7 Å². The van der Waals surface area contributed by atoms with Gasteiger partial charge in [0.25, 0.3) is 5.91 Å². The number of benzene rings is 3. The molecule has 29 heavy (non-hydrogen) atoms. The van der Waals surface area contributed by atoms with E-state index in [1.165, 1.54) is 17.7 Å². The number of halogens is 1. The molecule has 0 fully saturated rings. The van der Waals surface area contributed by atoms with Gasteiger partial charge in [-0.1, -0.05) is 48.9 Å². The number of aryl methyl sites for hydroxylation is 1. The van der Waals surface area contributed by atoms with Gasteiger partial charge in [0.05, 0.1) is 10.6 Å². The molecule has 0 aliphatic rings. The van der Waals surface area contributed by atoms with Crippen LogP contribution in [0, 0.1) is 0 Å². The maximum Gasteiger partial charge on any atom is 0.337 e. The molecule has 3 aromatic rings. The predicted molar refractivity (Wildman–Crippen MR) is 116 cm³/mol. The fourth-order valence-corrected chi connectivity index (χ4v) is 3.19. The molecule has 0 aliphatic heterocycles. The lowest BCUT2D eigenvalue weighted by molar-refractivity contribution is 0.0696. The predicted octanol–water partition coefficient (Wildman–Crippen LogP) is 5.47. The summed E-state index contributed by atoms with van der Waals surface area (Å²) in [7, 11) is 0. The minimum absolute atomic E-state index is 0.0583. The van der Waals surface area contributed by atoms with Crippen LogP contribution < -0.4 is 10.6 Å². The van der Waals surface area contributed by atoms with E-state index in [2.05, 4.69) is 23.6 Å². The monoisotopic (exact) mass is 408 g/mol. The molecule has 0 heterocycles. The van der Waals surface area contributed by atoms with E-state index in [4.69, 9.17) is 16.7 Å². The first-order valence-electron chi connectivity index (χ1n) is 9.23. The quantitative estimate of drug-likeness (QED) is 0.484. The maximum atomic E-state index is 12.6. The summed E-state index contributed by atoms with van der Waals surface area (Å²) in [6.07, 6.45) is 0.936. The molecule has 0 aromatic heterocycles. The lowest BCUT2D eigenvalue weighted by Crippen LogP contribution is -2.13. The molecule has 0 spiro atoms. The van der Waals surface area contributed by atoms with Crippen molar-refractivity contribution < 1.29 is 14.7 Å². The second-order valence-electron chi connectivity index (χ2n) is 6.52. The number of hydrogen-bond acceptors (Lipinski definition) is 3. The molecule has 0 bridgehead atoms. The van der Waals surface area contributed by atoms with Crippen molar-refractivity contribution in [2.45, 2.75) is 19.9 Å². The molecular formula is C23H21ClN2O3. The minimum atomic E-state index is -1.15. The highest BCUT2D eigenvalue weighted by atomic mass is 35.5. The highest BCUT2D eigenvalue weighted by molar-refractivity contribution is 6.33. The van der Waals surface area contributed by atoms with Crippen LogP contribution in [0.1, 0.15) is 38.8 Å². The topological polar surface area (TPSA) is 78.4 Å². The molecular weight excluding hydrogens is 388 g/mol. The molecule has 5 nitrogen and oxygen atoms in total. The van der Waals surface area contributed by atoms with E-state index in [-0.39, 0.29) is 16.5 Å². The first kappa shape index (κ1) is 20.4. The molecule has 0 unspecified atom stereocenters. The maximum absolute atomic E-state index is 12.6. The van der Waals surface area contributed by atoms with E-state index >= 15 is 0 Å². The van der Waals surface area contributed by atoms with Crippen LogP contribution in [0.2, 0.25) is 5.02 Å². The van der Waals surface area contributed by atoms with Crippen LogP contribution in [0.4, 0.5) is 11.4 Å². The Bertz CT molecular complexity index is 1050. The summed E-state index contributed by atoms with van der Waals surface area (Å²) >= 11 is 5.87. The Kier molecular flexibility index (Phi) is 6.52. The number of amides is 1. The first-order chi connectivity index (χ1) is 14.0. The lowest BCUT2D eigenvalue weighted by Gasteiger charge is -2.12. The molecule has 0 aliphatic carbocycles. The van der Waals surface area contributed by atoms with E-state index < -0.39 is 5.97 Å². The van der Waals surface area contributed by atoms with Crippen molar-refractivity contribution in [3.05, 3.63) is 94.0 Å². The number of hydrogen-bond donors (Lipinski definition) is 3. The number of carbonyl (C=O) groups excluding carboxylic acids is 1. The van der Waals surface area contributed by atoms with Crippen LogP contribution >= 0.6 is 11.6 Å². The zero-order chi connectivity index (χ0) is 20.8. The van der Waals surface area contributed by atoms with Crippen LogP contribution in [0.3, 0.4) is 0 Å². The largest absolute Gasteiger partial charge is 0.478 e. The standard InChI is InChI=1S/C23H21ClN2O3/c1-2-16-7-3-4-9-21(16)25-14-15-6-5-8-17(12-15)22(27)26-18-10-11-20(24)19(13-18)23(28)29/h3-13,25H,2,14H2,1H3,(H,26,27)(H,28,29). The van der Waals surface area contributed by atoms with Crippen molar-refractivity contribution in [2.75, 3.05) is 10.6 Å². The fraction of sp³-hybridized carbons (Fsp3) is 0.130. The van der Waals surface area contributed by atoms with Crippen molar-refractivity contribution in [2.24, 2.45) is 0 Å². The smallest absolute Gasteiger partial charge is 0.337 e. The Balaban J connectivity index is 1.71. The van der Waals surface area contributed by atoms with Crippen LogP contribution in [0.5, 0.6) is 0 Å². The van der Waals surface area contributed by atoms with Crippen LogP contribution in [0.15, 0.2) is 66.7 Å². The van der Waals surface area contributed by atoms with E-state index in [1.54, 1.807) is 12.1 Å². The second-order valence-corrected chi connectivity index (χ2v) is 6.93. The Morgan fingerprint density at radius 2 is 1.79 bits per heavy atom. The van der Waals surface area contributed by atoms with Gasteiger partial charge in [0.1, 0.15) is 0 Å². The van der Waals surface area contributed by atoms with Crippen molar-refractivity contribution in [1.29, 1.82) is 0 Å². The highest BCUT2D eigenvalue weighted by Gasteiger charge is 2.12. The van der Waals surface area contributed by atoms with Crippen molar-refractivity contribution in [1.82, 2.24) is 0 Å². The van der Waals surface area contributed by atoms with Crippen molar-refractivity contribution in [3.8, 4) is 0 Å². The van der Waals surface area contributed by atoms with E-state index in [1.807, 2.05) is 36.4 Å². The number of para-hydroxylation sites is 1. The van der Waals surface area contributed by atoms with Crippen LogP contribution in [-0.4, -0.2) is 17.0 Å². The summed E-state index contributed by atoms with van der Waals surface area (Å²) in [4.78, 5) is 23.8. The number of nitrogens with one attached hydrogen (secondary N) is 2. The molecule has 1 amide bonds. The highest BCUT2D eigenvalue weighted by Crippen LogP contribution is 2.21. The average Bonchev–Trinajstić information content (AvgIpc) is 2.73. The van der Waals surface area contributed by atoms with Gasteiger partial charge >= 0.3 is 5.97 Å². The van der Waals surface area contributed by atoms with E-state index in [0.29, 0.717) is 17.8 Å². The molecule has 0 saturated carbocycles. The fourth-order valence-electron chi connectivity index (χ4n) is 2.99. The lowest BCUT2D eigenvalue weighted by atomic mass is 10.1. The number of rotatable bonds is 7. The van der Waals surface area contributed by atoms with E-state index in [9.17, 15) is 9.59 Å². The zero-order valence-corrected chi connectivity index (χ0v) is 16.7. The second kappa shape index (κ2) is 9.26. The third-order valence-electron chi connectivity index (χ3n) is 4.53. The SMILES string of the molecule is CCc1ccccc1NCc1cccc(C(=O)Nc2ccc(Cl)c(C(=O)O)c2)c1. The summed E-state index contributed by atoms with van der Waals surface area (Å²) in [5, 5.41) is 15.4. The molecule has 0 saturated heterocycles. The summed E-state index contributed by atoms with van der Waals surface area (Å²) in [6, 6.07) is 19.8. The van der Waals surface area contributed by atoms with Gasteiger partial charge in [-0.15, -0.1) is 0 Å². The Hall–Kier alpha value is -3.31. The van der Waals surface area contributed by atoms with Gasteiger partial charge in [0.2, 0.25) is 0 Å². The normalized spacial score (nSPS) is 10.4. The van der Waals surface area contributed by atoms with Crippen molar-refractivity contribution >= 4 is 34.9 Å². The Morgan fingerprint density at radius 1 is 1.00 bits per heavy atom. The molecule has 148 valence electrons. The summed E-state index contributed by atoms with van der Waals surface area (Å²) in [5.74, 6) is -1.47. The number of carbonyl (C=O) groups is 2. The summed E-state index contributed by atoms with van der Waals surface area (Å²) in [5.41, 5.74) is 4.07. The number of anilines is 2. The van der Waals surface area contributed by atoms with Gasteiger partial charge in [-0.25, -0.2) is 4.79 Å². The molecule has 3 rings (SSSR count). The molecule has 6 heteroatoms. The summed E-state index contributed by atoms with van der Waals surface area (Å²) in [6.45, 7) is 2.69. The van der Waals surface area contributed by atoms with Gasteiger partial charge < -0.3 is 15.7 Å². The number of aromatic carboxylic acids is 1. The molecule has 0 radical (unpaired) electrons. The average molecular weight is 409 g/mol. The van der Waals surface area contributed by atoms with Gasteiger partial charge in [-0.05, 0) is 53.9 Å². The van der Waals surface area contributed by atoms with Gasteiger partial charge in [-0.3, -0.25) is 4.79 Å². The van der Waals surface area contributed by atoms with Gasteiger partial charge in [0, 0.05) is 23.5 Å². The van der Waals surface area contributed by atoms with Gasteiger partial charge in [0.15, 0.2) is 0 Å². The first-order valence-corrected chi connectivity index (χ1v) is 9.60. The number of carboxylic acids is 1. The van der Waals surface area contributed by atoms with Crippen molar-refractivity contribution in [3.63, 3.8) is 0 Å². The molecule has 3 N–H and O–H groups in total. The number of carboxylic acid groups (broad SMARTS) is 1.